The minimum atomic E-state index is -1.30. The number of carbonyl (C=O) groups excluding carboxylic acids is 3. The molecule has 1 aromatic heterocycles. The summed E-state index contributed by atoms with van der Waals surface area (Å²) in [6.45, 7) is 1.71. The van der Waals surface area contributed by atoms with E-state index in [9.17, 15) is 24.8 Å². The molecular weight excluding hydrogens is 458 g/mol. The highest BCUT2D eigenvalue weighted by atomic mass is 16.8. The molecule has 0 bridgehead atoms. The number of hydrogen-bond acceptors (Lipinski definition) is 9. The monoisotopic (exact) mass is 481 g/mol. The van der Waals surface area contributed by atoms with Gasteiger partial charge in [-0.2, -0.15) is 10.3 Å². The number of ether oxygens (including phenoxy) is 1. The number of nitrogens with two attached hydrogens (primary N) is 1. The number of amides is 3. The number of nitrogens with zero attached hydrogens (tertiary/aromatic N) is 3. The van der Waals surface area contributed by atoms with Gasteiger partial charge in [-0.1, -0.05) is 18.2 Å². The van der Waals surface area contributed by atoms with Crippen molar-refractivity contribution in [2.75, 3.05) is 12.4 Å². The molecule has 182 valence electrons. The van der Waals surface area contributed by atoms with Crippen LogP contribution < -0.4 is 21.7 Å². The molecule has 0 saturated heterocycles. The largest absolute Gasteiger partial charge is 0.595 e. The predicted octanol–water partition coefficient (Wildman–Crippen LogP) is 0.336. The Morgan fingerprint density at radius 3 is 2.49 bits per heavy atom. The molecule has 13 heteroatoms. The number of anilines is 1. The van der Waals surface area contributed by atoms with Gasteiger partial charge in [0, 0.05) is 24.2 Å². The third-order valence-electron chi connectivity index (χ3n) is 4.94. The molecule has 1 heterocycles. The predicted molar refractivity (Wildman–Crippen MR) is 124 cm³/mol. The van der Waals surface area contributed by atoms with E-state index in [0.29, 0.717) is 22.4 Å². The summed E-state index contributed by atoms with van der Waals surface area (Å²) in [5.41, 5.74) is 8.87. The topological polar surface area (TPSA) is 196 Å². The van der Waals surface area contributed by atoms with E-state index < -0.39 is 34.8 Å². The van der Waals surface area contributed by atoms with E-state index in [1.807, 2.05) is 11.5 Å². The number of hydrogen-bond donors (Lipinski definition) is 5. The fraction of sp³-hybridized carbons (Fsp3) is 0.182. The Hall–Kier alpha value is -4.46. The standard InChI is InChI=1S/C22H23N7O6/c1-12-18(26-17-9-4-3-8-16(17)24-12)11-15(21(31)35-2)19(27-28-22(23)32)20(30)25-13-6-5-7-14(10-13)29(33)34/h3-10,15,29,33H,11H2,1-2H3,(H,25,30)(H3,23,28,32)/b27-19+. The molecule has 0 aliphatic heterocycles. The summed E-state index contributed by atoms with van der Waals surface area (Å²) < 4.78 is 4.88. The quantitative estimate of drug-likeness (QED) is 0.172. The minimum absolute atomic E-state index is 0.0665. The van der Waals surface area contributed by atoms with Crippen LogP contribution in [0.15, 0.2) is 53.6 Å². The van der Waals surface area contributed by atoms with Gasteiger partial charge >= 0.3 is 12.0 Å². The van der Waals surface area contributed by atoms with Crippen molar-refractivity contribution in [2.24, 2.45) is 16.8 Å². The van der Waals surface area contributed by atoms with Gasteiger partial charge < -0.3 is 21.0 Å². The molecule has 3 aromatic rings. The molecule has 0 aliphatic carbocycles. The molecule has 6 N–H and O–H groups in total. The summed E-state index contributed by atoms with van der Waals surface area (Å²) in [7, 11) is 1.14. The van der Waals surface area contributed by atoms with Gasteiger partial charge in [0.1, 0.15) is 11.6 Å². The van der Waals surface area contributed by atoms with Crippen LogP contribution in [0.25, 0.3) is 11.0 Å². The third-order valence-corrected chi connectivity index (χ3v) is 4.94. The Kier molecular flexibility index (Phi) is 7.99. The Bertz CT molecular complexity index is 1290. The van der Waals surface area contributed by atoms with E-state index in [1.54, 1.807) is 25.1 Å². The van der Waals surface area contributed by atoms with Crippen molar-refractivity contribution in [1.82, 2.24) is 15.4 Å². The van der Waals surface area contributed by atoms with E-state index in [0.717, 1.165) is 7.11 Å². The number of para-hydroxylation sites is 2. The number of aryl methyl sites for hydroxylation is 1. The van der Waals surface area contributed by atoms with Gasteiger partial charge in [0.2, 0.25) is 0 Å². The first-order valence-electron chi connectivity index (χ1n) is 10.3. The molecule has 3 amide bonds. The second kappa shape index (κ2) is 11.1. The van der Waals surface area contributed by atoms with Crippen LogP contribution in [-0.2, 0) is 20.7 Å². The van der Waals surface area contributed by atoms with Crippen molar-refractivity contribution in [3.63, 3.8) is 0 Å². The number of fused-ring (bicyclic) bond motifs is 1. The zero-order valence-electron chi connectivity index (χ0n) is 18.8. The van der Waals surface area contributed by atoms with Gasteiger partial charge in [0.25, 0.3) is 5.91 Å². The lowest BCUT2D eigenvalue weighted by Gasteiger charge is -2.18. The van der Waals surface area contributed by atoms with Gasteiger partial charge in [-0.15, -0.1) is 0 Å². The van der Waals surface area contributed by atoms with Crippen LogP contribution in [0.1, 0.15) is 11.4 Å². The van der Waals surface area contributed by atoms with Crippen molar-refractivity contribution < 1.29 is 29.6 Å². The molecule has 2 atom stereocenters. The van der Waals surface area contributed by atoms with Gasteiger partial charge in [0.15, 0.2) is 5.69 Å². The number of esters is 1. The average molecular weight is 481 g/mol. The number of hydrazone groups is 1. The Balaban J connectivity index is 1.99. The molecule has 3 rings (SSSR count). The average Bonchev–Trinajstić information content (AvgIpc) is 2.83. The van der Waals surface area contributed by atoms with Crippen molar-refractivity contribution in [1.29, 1.82) is 0 Å². The molecular formula is C22H23N7O6. The number of primary amides is 1. The molecule has 0 radical (unpaired) electrons. The van der Waals surface area contributed by atoms with Crippen LogP contribution in [-0.4, -0.2) is 45.9 Å². The molecule has 35 heavy (non-hydrogen) atoms. The smallest absolute Gasteiger partial charge is 0.332 e. The van der Waals surface area contributed by atoms with E-state index in [2.05, 4.69) is 20.4 Å². The first-order valence-corrected chi connectivity index (χ1v) is 10.3. The summed E-state index contributed by atoms with van der Waals surface area (Å²) in [5, 5.41) is 25.5. The van der Waals surface area contributed by atoms with E-state index >= 15 is 0 Å². The SMILES string of the molecule is COC(=O)C(Cc1nc2ccccc2nc1C)/C(=N\NC(N)=O)C(=O)Nc1cccc([NH+]([O-])O)c1. The molecule has 0 aliphatic rings. The van der Waals surface area contributed by atoms with Crippen LogP contribution in [0.5, 0.6) is 0 Å². The van der Waals surface area contributed by atoms with Gasteiger partial charge in [-0.05, 0) is 25.1 Å². The molecule has 2 unspecified atom stereocenters. The second-order valence-corrected chi connectivity index (χ2v) is 7.34. The summed E-state index contributed by atoms with van der Waals surface area (Å²) >= 11 is 0. The lowest BCUT2D eigenvalue weighted by atomic mass is 9.95. The molecule has 0 spiro atoms. The number of nitrogens with one attached hydrogen (secondary N) is 3. The molecule has 2 aromatic carbocycles. The lowest BCUT2D eigenvalue weighted by Crippen LogP contribution is -2.99. The summed E-state index contributed by atoms with van der Waals surface area (Å²) in [4.78, 5) is 46.2. The van der Waals surface area contributed by atoms with Crippen molar-refractivity contribution in [3.05, 3.63) is 65.1 Å². The van der Waals surface area contributed by atoms with Gasteiger partial charge in [0.05, 0.1) is 29.5 Å². The van der Waals surface area contributed by atoms with E-state index in [-0.39, 0.29) is 17.8 Å². The van der Waals surface area contributed by atoms with E-state index in [4.69, 9.17) is 10.5 Å². The van der Waals surface area contributed by atoms with Crippen LogP contribution in [0, 0.1) is 18.0 Å². The second-order valence-electron chi connectivity index (χ2n) is 7.34. The maximum absolute atomic E-state index is 13.1. The Labute approximate surface area is 199 Å². The fourth-order valence-electron chi connectivity index (χ4n) is 3.27. The highest BCUT2D eigenvalue weighted by Gasteiger charge is 2.33. The number of aromatic nitrogens is 2. The number of urea groups is 1. The number of rotatable bonds is 8. The third kappa shape index (κ3) is 6.32. The van der Waals surface area contributed by atoms with Crippen molar-refractivity contribution >= 4 is 46.0 Å². The fourth-order valence-corrected chi connectivity index (χ4v) is 3.27. The zero-order chi connectivity index (χ0) is 25.5. The summed E-state index contributed by atoms with van der Waals surface area (Å²) in [5.74, 6) is -3.01. The van der Waals surface area contributed by atoms with Crippen LogP contribution in [0.4, 0.5) is 16.2 Å². The molecule has 0 saturated carbocycles. The Morgan fingerprint density at radius 2 is 1.86 bits per heavy atom. The minimum Gasteiger partial charge on any atom is -0.595 e. The first-order chi connectivity index (χ1) is 16.7. The number of quaternary nitrogens is 1. The molecule has 13 nitrogen and oxygen atoms in total. The first kappa shape index (κ1) is 25.2. The number of methoxy groups -OCH3 is 1. The lowest BCUT2D eigenvalue weighted by molar-refractivity contribution is -0.991. The van der Waals surface area contributed by atoms with Crippen molar-refractivity contribution in [2.45, 2.75) is 13.3 Å². The highest BCUT2D eigenvalue weighted by molar-refractivity contribution is 6.46. The van der Waals surface area contributed by atoms with Crippen LogP contribution >= 0.6 is 0 Å². The Morgan fingerprint density at radius 1 is 1.17 bits per heavy atom. The van der Waals surface area contributed by atoms with Crippen LogP contribution in [0.3, 0.4) is 0 Å². The van der Waals surface area contributed by atoms with Gasteiger partial charge in [-0.25, -0.2) is 25.4 Å². The maximum atomic E-state index is 13.1. The van der Waals surface area contributed by atoms with E-state index in [1.165, 1.54) is 24.3 Å². The van der Waals surface area contributed by atoms with Crippen molar-refractivity contribution in [3.8, 4) is 0 Å². The normalized spacial score (nSPS) is 13.1. The maximum Gasteiger partial charge on any atom is 0.332 e. The summed E-state index contributed by atoms with van der Waals surface area (Å²) in [6.07, 6.45) is -0.127. The number of carbonyl (C=O) groups is 3. The number of benzene rings is 2. The summed E-state index contributed by atoms with van der Waals surface area (Å²) in [6, 6.07) is 11.6. The highest BCUT2D eigenvalue weighted by Crippen LogP contribution is 2.19. The zero-order valence-corrected chi connectivity index (χ0v) is 18.8. The van der Waals surface area contributed by atoms with Crippen LogP contribution in [0.2, 0.25) is 0 Å². The molecule has 0 fully saturated rings. The van der Waals surface area contributed by atoms with Gasteiger partial charge in [-0.3, -0.25) is 9.59 Å².